The van der Waals surface area contributed by atoms with Crippen molar-refractivity contribution in [3.8, 4) is 17.2 Å². The molecule has 0 unspecified atom stereocenters. The second-order valence-corrected chi connectivity index (χ2v) is 8.40. The summed E-state index contributed by atoms with van der Waals surface area (Å²) in [5.41, 5.74) is 0.624. The third-order valence-electron chi connectivity index (χ3n) is 4.11. The van der Waals surface area contributed by atoms with Gasteiger partial charge < -0.3 is 19.5 Å². The Labute approximate surface area is 168 Å². The van der Waals surface area contributed by atoms with Gasteiger partial charge in [0.15, 0.2) is 11.5 Å². The quantitative estimate of drug-likeness (QED) is 0.763. The van der Waals surface area contributed by atoms with Crippen LogP contribution in [0.1, 0.15) is 6.92 Å². The topological polar surface area (TPSA) is 94.2 Å². The highest BCUT2D eigenvalue weighted by Crippen LogP contribution is 2.36. The number of ether oxygens (including phenoxy) is 3. The van der Waals surface area contributed by atoms with Crippen LogP contribution in [0.3, 0.4) is 0 Å². The molecule has 1 N–H and O–H groups in total. The Morgan fingerprint density at radius 1 is 1.21 bits per heavy atom. The highest BCUT2D eigenvalue weighted by molar-refractivity contribution is 7.92. The number of halogens is 1. The summed E-state index contributed by atoms with van der Waals surface area (Å²) in [7, 11) is -2.42. The van der Waals surface area contributed by atoms with Gasteiger partial charge in [-0.2, -0.15) is 0 Å². The maximum atomic E-state index is 12.8. The Kier molecular flexibility index (Phi) is 5.57. The minimum Gasteiger partial charge on any atom is -0.495 e. The van der Waals surface area contributed by atoms with E-state index in [9.17, 15) is 13.2 Å². The highest BCUT2D eigenvalue weighted by Gasteiger charge is 2.31. The fourth-order valence-electron chi connectivity index (χ4n) is 2.84. The predicted octanol–water partition coefficient (Wildman–Crippen LogP) is 2.87. The molecule has 0 fully saturated rings. The van der Waals surface area contributed by atoms with Crippen molar-refractivity contribution < 1.29 is 27.4 Å². The molecule has 0 saturated carbocycles. The van der Waals surface area contributed by atoms with E-state index in [4.69, 9.17) is 25.8 Å². The van der Waals surface area contributed by atoms with Crippen molar-refractivity contribution in [2.75, 3.05) is 29.8 Å². The number of fused-ring (bicyclic) bond motifs is 1. The summed E-state index contributed by atoms with van der Waals surface area (Å²) in [6, 6.07) is 8.39. The third-order valence-corrected chi connectivity index (χ3v) is 5.57. The van der Waals surface area contributed by atoms with Crippen molar-refractivity contribution in [3.63, 3.8) is 0 Å². The van der Waals surface area contributed by atoms with Gasteiger partial charge in [0.1, 0.15) is 11.8 Å². The summed E-state index contributed by atoms with van der Waals surface area (Å²) >= 11 is 6.03. The second kappa shape index (κ2) is 7.76. The fraction of sp³-hybridized carbons (Fsp3) is 0.278. The van der Waals surface area contributed by atoms with Crippen LogP contribution >= 0.6 is 11.6 Å². The first-order valence-corrected chi connectivity index (χ1v) is 10.5. The van der Waals surface area contributed by atoms with E-state index in [0.29, 0.717) is 22.2 Å². The molecule has 0 saturated heterocycles. The summed E-state index contributed by atoms with van der Waals surface area (Å²) in [6.07, 6.45) is 1.01. The molecule has 0 radical (unpaired) electrons. The molecular weight excluding hydrogens is 408 g/mol. The summed E-state index contributed by atoms with van der Waals surface area (Å²) in [6.45, 7) is 1.59. The van der Waals surface area contributed by atoms with E-state index in [1.54, 1.807) is 24.3 Å². The van der Waals surface area contributed by atoms with Crippen molar-refractivity contribution >= 4 is 38.9 Å². The van der Waals surface area contributed by atoms with Crippen LogP contribution < -0.4 is 23.8 Å². The van der Waals surface area contributed by atoms with Gasteiger partial charge in [-0.25, -0.2) is 8.42 Å². The van der Waals surface area contributed by atoms with Crippen molar-refractivity contribution in [1.29, 1.82) is 0 Å². The number of hydrogen-bond donors (Lipinski definition) is 1. The van der Waals surface area contributed by atoms with Crippen LogP contribution in [0, 0.1) is 0 Å². The van der Waals surface area contributed by atoms with Crippen LogP contribution in [-0.4, -0.2) is 40.5 Å². The number of nitrogens with one attached hydrogen (secondary N) is 1. The third kappa shape index (κ3) is 4.10. The molecule has 3 rings (SSSR count). The van der Waals surface area contributed by atoms with Crippen LogP contribution in [0.2, 0.25) is 5.02 Å². The van der Waals surface area contributed by atoms with E-state index in [2.05, 4.69) is 5.32 Å². The number of hydrogen-bond acceptors (Lipinski definition) is 6. The highest BCUT2D eigenvalue weighted by atomic mass is 35.5. The number of amides is 1. The molecule has 0 bridgehead atoms. The van der Waals surface area contributed by atoms with Crippen molar-refractivity contribution in [2.45, 2.75) is 13.0 Å². The maximum absolute atomic E-state index is 12.8. The molecule has 10 heteroatoms. The number of nitrogens with zero attached hydrogens (tertiary/aromatic N) is 1. The van der Waals surface area contributed by atoms with E-state index in [1.165, 1.54) is 26.2 Å². The summed E-state index contributed by atoms with van der Waals surface area (Å²) < 4.78 is 41.7. The number of sulfonamides is 1. The van der Waals surface area contributed by atoms with E-state index >= 15 is 0 Å². The zero-order valence-corrected chi connectivity index (χ0v) is 17.0. The standard InChI is InChI=1S/C18H19ClN2O6S/c1-11(18(22)20-13-5-7-16-17(9-13)27-10-26-16)21(28(3,23)24)14-8-12(19)4-6-15(14)25-2/h4-9,11H,10H2,1-3H3,(H,20,22)/t11-/m0/s1. The number of carbonyl (C=O) groups is 1. The molecule has 2 aromatic rings. The zero-order chi connectivity index (χ0) is 20.5. The van der Waals surface area contributed by atoms with Gasteiger partial charge in [0, 0.05) is 16.8 Å². The molecule has 1 aliphatic heterocycles. The van der Waals surface area contributed by atoms with E-state index in [1.807, 2.05) is 0 Å². The molecule has 1 atom stereocenters. The number of rotatable bonds is 6. The molecule has 0 spiro atoms. The second-order valence-electron chi connectivity index (χ2n) is 6.11. The average molecular weight is 427 g/mol. The lowest BCUT2D eigenvalue weighted by Crippen LogP contribution is -2.45. The normalized spacial score (nSPS) is 13.7. The Bertz CT molecular complexity index is 1010. The van der Waals surface area contributed by atoms with Gasteiger partial charge >= 0.3 is 0 Å². The van der Waals surface area contributed by atoms with Gasteiger partial charge in [-0.05, 0) is 37.3 Å². The Morgan fingerprint density at radius 3 is 2.61 bits per heavy atom. The maximum Gasteiger partial charge on any atom is 0.247 e. The number of methoxy groups -OCH3 is 1. The van der Waals surface area contributed by atoms with Gasteiger partial charge in [-0.3, -0.25) is 9.10 Å². The number of carbonyl (C=O) groups excluding carboxylic acids is 1. The lowest BCUT2D eigenvalue weighted by molar-refractivity contribution is -0.116. The van der Waals surface area contributed by atoms with Crippen molar-refractivity contribution in [2.24, 2.45) is 0 Å². The van der Waals surface area contributed by atoms with Crippen molar-refractivity contribution in [1.82, 2.24) is 0 Å². The lowest BCUT2D eigenvalue weighted by Gasteiger charge is -2.29. The predicted molar refractivity (Wildman–Crippen MR) is 106 cm³/mol. The first-order chi connectivity index (χ1) is 13.2. The van der Waals surface area contributed by atoms with E-state index in [-0.39, 0.29) is 18.2 Å². The van der Waals surface area contributed by atoms with Gasteiger partial charge in [0.25, 0.3) is 0 Å². The Balaban J connectivity index is 1.91. The molecule has 8 nitrogen and oxygen atoms in total. The summed E-state index contributed by atoms with van der Waals surface area (Å²) in [5, 5.41) is 3.00. The molecule has 150 valence electrons. The van der Waals surface area contributed by atoms with E-state index in [0.717, 1.165) is 10.6 Å². The molecule has 0 aromatic heterocycles. The Hall–Kier alpha value is -2.65. The molecule has 1 aliphatic rings. The molecule has 28 heavy (non-hydrogen) atoms. The monoisotopic (exact) mass is 426 g/mol. The lowest BCUT2D eigenvalue weighted by atomic mass is 10.2. The van der Waals surface area contributed by atoms with Gasteiger partial charge in [-0.15, -0.1) is 0 Å². The van der Waals surface area contributed by atoms with Crippen LogP contribution in [0.15, 0.2) is 36.4 Å². The smallest absolute Gasteiger partial charge is 0.247 e. The van der Waals surface area contributed by atoms with Crippen LogP contribution in [0.4, 0.5) is 11.4 Å². The largest absolute Gasteiger partial charge is 0.495 e. The summed E-state index contributed by atoms with van der Waals surface area (Å²) in [5.74, 6) is 0.818. The van der Waals surface area contributed by atoms with Crippen LogP contribution in [-0.2, 0) is 14.8 Å². The molecule has 0 aliphatic carbocycles. The molecular formula is C18H19ClN2O6S. The molecule has 1 heterocycles. The van der Waals surface area contributed by atoms with Gasteiger partial charge in [-0.1, -0.05) is 11.6 Å². The van der Waals surface area contributed by atoms with Gasteiger partial charge in [0.05, 0.1) is 19.1 Å². The fourth-order valence-corrected chi connectivity index (χ4v) is 4.17. The molecule has 2 aromatic carbocycles. The minimum absolute atomic E-state index is 0.111. The SMILES string of the molecule is COc1ccc(Cl)cc1N([C@@H](C)C(=O)Nc1ccc2c(c1)OCO2)S(C)(=O)=O. The van der Waals surface area contributed by atoms with Crippen LogP contribution in [0.25, 0.3) is 0 Å². The molecule has 1 amide bonds. The zero-order valence-electron chi connectivity index (χ0n) is 15.4. The van der Waals surface area contributed by atoms with E-state index < -0.39 is 22.0 Å². The first kappa shape index (κ1) is 20.1. The van der Waals surface area contributed by atoms with Crippen LogP contribution in [0.5, 0.6) is 17.2 Å². The average Bonchev–Trinajstić information content (AvgIpc) is 3.08. The van der Waals surface area contributed by atoms with Gasteiger partial charge in [0.2, 0.25) is 22.7 Å². The first-order valence-electron chi connectivity index (χ1n) is 8.24. The van der Waals surface area contributed by atoms with Crippen molar-refractivity contribution in [3.05, 3.63) is 41.4 Å². The summed E-state index contributed by atoms with van der Waals surface area (Å²) in [4.78, 5) is 12.8. The number of anilines is 2. The Morgan fingerprint density at radius 2 is 1.93 bits per heavy atom. The number of benzene rings is 2. The minimum atomic E-state index is -3.82.